The number of benzene rings is 1. The Hall–Kier alpha value is -0.890. The zero-order valence-corrected chi connectivity index (χ0v) is 12.0. The minimum atomic E-state index is -0.396. The molecule has 1 aliphatic carbocycles. The minimum absolute atomic E-state index is 0.0610. The molecule has 1 fully saturated rings. The first-order valence-corrected chi connectivity index (χ1v) is 7.44. The van der Waals surface area contributed by atoms with E-state index in [1.54, 1.807) is 6.07 Å². The van der Waals surface area contributed by atoms with Gasteiger partial charge in [0.25, 0.3) is 0 Å². The summed E-state index contributed by atoms with van der Waals surface area (Å²) in [4.78, 5) is 12.0. The fraction of sp³-hybridized carbons (Fsp3) is 0.562. The lowest BCUT2D eigenvalue weighted by molar-refractivity contribution is -0.125. The van der Waals surface area contributed by atoms with E-state index in [0.29, 0.717) is 24.5 Å². The third-order valence-electron chi connectivity index (χ3n) is 4.04. The second-order valence-corrected chi connectivity index (χ2v) is 5.95. The Bertz CT molecular complexity index is 458. The molecule has 0 radical (unpaired) electrons. The Labute approximate surface area is 119 Å². The maximum absolute atomic E-state index is 13.4. The molecular weight excluding hydrogens is 263 g/mol. The number of hydrogen-bond acceptors (Lipinski definition) is 1. The largest absolute Gasteiger partial charge is 0.299 e. The van der Waals surface area contributed by atoms with Crippen molar-refractivity contribution < 1.29 is 9.18 Å². The van der Waals surface area contributed by atoms with E-state index in [1.807, 2.05) is 6.07 Å². The van der Waals surface area contributed by atoms with Crippen LogP contribution in [0.25, 0.3) is 0 Å². The van der Waals surface area contributed by atoms with Gasteiger partial charge in [-0.05, 0) is 42.9 Å². The Morgan fingerprint density at radius 1 is 1.42 bits per heavy atom. The lowest BCUT2D eigenvalue weighted by Gasteiger charge is -2.28. The summed E-state index contributed by atoms with van der Waals surface area (Å²) in [6, 6.07) is 4.85. The standard InChI is InChI=1S/C16H20ClFO/c1-2-3-11-5-7-16(19)13(8-11)9-12-4-6-14(17)15(18)10-12/h4,6,10-11,13H,2-3,5,7-9H2,1H3. The lowest BCUT2D eigenvalue weighted by atomic mass is 9.76. The minimum Gasteiger partial charge on any atom is -0.299 e. The van der Waals surface area contributed by atoms with Crippen LogP contribution in [-0.2, 0) is 11.2 Å². The molecule has 1 aliphatic rings. The van der Waals surface area contributed by atoms with Crippen LogP contribution >= 0.6 is 11.6 Å². The normalized spacial score (nSPS) is 23.6. The summed E-state index contributed by atoms with van der Waals surface area (Å²) in [5, 5.41) is 0.141. The van der Waals surface area contributed by atoms with Crippen LogP contribution in [0.15, 0.2) is 18.2 Å². The molecule has 0 aliphatic heterocycles. The molecule has 104 valence electrons. The number of carbonyl (C=O) groups is 1. The molecule has 2 unspecified atom stereocenters. The molecule has 19 heavy (non-hydrogen) atoms. The van der Waals surface area contributed by atoms with E-state index in [0.717, 1.165) is 18.4 Å². The van der Waals surface area contributed by atoms with Crippen molar-refractivity contribution in [2.45, 2.75) is 45.4 Å². The second-order valence-electron chi connectivity index (χ2n) is 5.54. The molecule has 0 bridgehead atoms. The lowest BCUT2D eigenvalue weighted by Crippen LogP contribution is -2.26. The molecule has 0 amide bonds. The molecule has 3 heteroatoms. The summed E-state index contributed by atoms with van der Waals surface area (Å²) in [6.45, 7) is 2.18. The third kappa shape index (κ3) is 3.79. The zero-order valence-electron chi connectivity index (χ0n) is 11.3. The highest BCUT2D eigenvalue weighted by Crippen LogP contribution is 2.32. The van der Waals surface area contributed by atoms with Crippen molar-refractivity contribution in [3.8, 4) is 0 Å². The topological polar surface area (TPSA) is 17.1 Å². The first-order chi connectivity index (χ1) is 9.10. The van der Waals surface area contributed by atoms with E-state index < -0.39 is 5.82 Å². The molecule has 1 aromatic carbocycles. The van der Waals surface area contributed by atoms with Crippen molar-refractivity contribution in [1.29, 1.82) is 0 Å². The molecule has 0 N–H and O–H groups in total. The van der Waals surface area contributed by atoms with Crippen molar-refractivity contribution >= 4 is 17.4 Å². The van der Waals surface area contributed by atoms with E-state index in [9.17, 15) is 9.18 Å². The van der Waals surface area contributed by atoms with Gasteiger partial charge in [0.2, 0.25) is 0 Å². The van der Waals surface area contributed by atoms with Gasteiger partial charge in [0.05, 0.1) is 5.02 Å². The average molecular weight is 283 g/mol. The molecule has 1 aromatic rings. The predicted molar refractivity (Wildman–Crippen MR) is 75.9 cm³/mol. The van der Waals surface area contributed by atoms with Gasteiger partial charge in [-0.25, -0.2) is 4.39 Å². The van der Waals surface area contributed by atoms with Gasteiger partial charge in [0, 0.05) is 12.3 Å². The van der Waals surface area contributed by atoms with Gasteiger partial charge in [0.1, 0.15) is 11.6 Å². The molecule has 0 saturated heterocycles. The van der Waals surface area contributed by atoms with E-state index in [1.165, 1.54) is 18.9 Å². The van der Waals surface area contributed by atoms with Crippen LogP contribution in [0.5, 0.6) is 0 Å². The van der Waals surface area contributed by atoms with Crippen LogP contribution in [0.4, 0.5) is 4.39 Å². The molecule has 1 nitrogen and oxygen atoms in total. The van der Waals surface area contributed by atoms with Gasteiger partial charge in [-0.15, -0.1) is 0 Å². The smallest absolute Gasteiger partial charge is 0.142 e. The van der Waals surface area contributed by atoms with Gasteiger partial charge < -0.3 is 0 Å². The highest BCUT2D eigenvalue weighted by atomic mass is 35.5. The maximum atomic E-state index is 13.4. The van der Waals surface area contributed by atoms with E-state index in [4.69, 9.17) is 11.6 Å². The number of ketones is 1. The fourth-order valence-corrected chi connectivity index (χ4v) is 3.14. The van der Waals surface area contributed by atoms with Gasteiger partial charge >= 0.3 is 0 Å². The highest BCUT2D eigenvalue weighted by molar-refractivity contribution is 6.30. The monoisotopic (exact) mass is 282 g/mol. The Morgan fingerprint density at radius 3 is 2.89 bits per heavy atom. The summed E-state index contributed by atoms with van der Waals surface area (Å²) in [7, 11) is 0. The van der Waals surface area contributed by atoms with Crippen molar-refractivity contribution in [2.24, 2.45) is 11.8 Å². The summed E-state index contributed by atoms with van der Waals surface area (Å²) in [6.07, 6.45) is 5.67. The van der Waals surface area contributed by atoms with Crippen LogP contribution in [0.2, 0.25) is 5.02 Å². The summed E-state index contributed by atoms with van der Waals surface area (Å²) < 4.78 is 13.4. The van der Waals surface area contributed by atoms with E-state index in [-0.39, 0.29) is 10.9 Å². The third-order valence-corrected chi connectivity index (χ3v) is 4.34. The first-order valence-electron chi connectivity index (χ1n) is 7.06. The quantitative estimate of drug-likeness (QED) is 0.775. The van der Waals surface area contributed by atoms with E-state index in [2.05, 4.69) is 6.92 Å². The summed E-state index contributed by atoms with van der Waals surface area (Å²) in [5.74, 6) is 0.658. The van der Waals surface area contributed by atoms with Crippen LogP contribution in [-0.4, -0.2) is 5.78 Å². The number of Topliss-reactive ketones (excluding diaryl/α,β-unsaturated/α-hetero) is 1. The van der Waals surface area contributed by atoms with Crippen molar-refractivity contribution in [1.82, 2.24) is 0 Å². The Morgan fingerprint density at radius 2 is 2.21 bits per heavy atom. The Kier molecular flexibility index (Phi) is 4.98. The molecular formula is C16H20ClFO. The van der Waals surface area contributed by atoms with Crippen LogP contribution in [0.3, 0.4) is 0 Å². The van der Waals surface area contributed by atoms with Crippen LogP contribution in [0.1, 0.15) is 44.6 Å². The number of halogens is 2. The predicted octanol–water partition coefficient (Wildman–Crippen LogP) is 4.81. The van der Waals surface area contributed by atoms with Crippen molar-refractivity contribution in [2.75, 3.05) is 0 Å². The fourth-order valence-electron chi connectivity index (χ4n) is 3.02. The molecule has 2 rings (SSSR count). The molecule has 1 saturated carbocycles. The van der Waals surface area contributed by atoms with Crippen LogP contribution < -0.4 is 0 Å². The summed E-state index contributed by atoms with van der Waals surface area (Å²) >= 11 is 5.67. The Balaban J connectivity index is 2.03. The van der Waals surface area contributed by atoms with Gasteiger partial charge in [-0.2, -0.15) is 0 Å². The van der Waals surface area contributed by atoms with E-state index >= 15 is 0 Å². The number of rotatable bonds is 4. The first kappa shape index (κ1) is 14.5. The SMILES string of the molecule is CCCC1CCC(=O)C(Cc2ccc(Cl)c(F)c2)C1. The average Bonchev–Trinajstić information content (AvgIpc) is 2.38. The van der Waals surface area contributed by atoms with Gasteiger partial charge in [-0.3, -0.25) is 4.79 Å². The second kappa shape index (κ2) is 6.51. The van der Waals surface area contributed by atoms with Crippen molar-refractivity contribution in [3.63, 3.8) is 0 Å². The van der Waals surface area contributed by atoms with Gasteiger partial charge in [0.15, 0.2) is 0 Å². The number of hydrogen-bond donors (Lipinski definition) is 0. The molecule has 0 spiro atoms. The highest BCUT2D eigenvalue weighted by Gasteiger charge is 2.28. The molecule has 0 aromatic heterocycles. The van der Waals surface area contributed by atoms with Crippen molar-refractivity contribution in [3.05, 3.63) is 34.6 Å². The molecule has 0 heterocycles. The molecule has 2 atom stereocenters. The maximum Gasteiger partial charge on any atom is 0.142 e. The summed E-state index contributed by atoms with van der Waals surface area (Å²) in [5.41, 5.74) is 0.873. The van der Waals surface area contributed by atoms with Gasteiger partial charge in [-0.1, -0.05) is 37.4 Å². The zero-order chi connectivity index (χ0) is 13.8. The van der Waals surface area contributed by atoms with Crippen LogP contribution in [0, 0.1) is 17.7 Å². The number of carbonyl (C=O) groups excluding carboxylic acids is 1.